The monoisotopic (exact) mass is 306 g/mol. The van der Waals surface area contributed by atoms with Crippen molar-refractivity contribution in [1.29, 1.82) is 0 Å². The molecule has 1 heterocycles. The lowest BCUT2D eigenvalue weighted by Crippen LogP contribution is -2.44. The fourth-order valence-corrected chi connectivity index (χ4v) is 2.70. The van der Waals surface area contributed by atoms with Gasteiger partial charge >= 0.3 is 6.03 Å². The summed E-state index contributed by atoms with van der Waals surface area (Å²) in [7, 11) is 0. The Morgan fingerprint density at radius 1 is 1.41 bits per heavy atom. The van der Waals surface area contributed by atoms with Crippen molar-refractivity contribution in [2.24, 2.45) is 5.92 Å². The minimum absolute atomic E-state index is 0.0422. The summed E-state index contributed by atoms with van der Waals surface area (Å²) in [6.45, 7) is 6.70. The topological polar surface area (TPSA) is 61.8 Å². The number of carbonyl (C=O) groups excluding carboxylic acids is 1. The van der Waals surface area contributed by atoms with E-state index in [0.717, 1.165) is 29.7 Å². The van der Waals surface area contributed by atoms with Gasteiger partial charge in [0.05, 0.1) is 6.61 Å². The number of urea groups is 1. The normalized spacial score (nSPS) is 15.7. The molecule has 122 valence electrons. The molecule has 22 heavy (non-hydrogen) atoms. The largest absolute Gasteiger partial charge is 0.494 e. The lowest BCUT2D eigenvalue weighted by molar-refractivity contribution is 0.137. The van der Waals surface area contributed by atoms with Crippen molar-refractivity contribution in [3.8, 4) is 5.75 Å². The van der Waals surface area contributed by atoms with Gasteiger partial charge in [0.2, 0.25) is 0 Å². The number of likely N-dealkylation sites (tertiary alicyclic amines) is 1. The molecule has 1 aromatic carbocycles. The number of ether oxygens (including phenoxy) is 1. The molecule has 1 fully saturated rings. The second kappa shape index (κ2) is 8.03. The Hall–Kier alpha value is -1.75. The highest BCUT2D eigenvalue weighted by Crippen LogP contribution is 2.21. The summed E-state index contributed by atoms with van der Waals surface area (Å²) in [5.41, 5.74) is 2.13. The van der Waals surface area contributed by atoms with E-state index in [1.165, 1.54) is 0 Å². The first kappa shape index (κ1) is 16.6. The quantitative estimate of drug-likeness (QED) is 0.877. The van der Waals surface area contributed by atoms with Crippen LogP contribution in [0.3, 0.4) is 0 Å². The smallest absolute Gasteiger partial charge is 0.317 e. The highest BCUT2D eigenvalue weighted by atomic mass is 16.5. The second-order valence-electron chi connectivity index (χ2n) is 5.82. The van der Waals surface area contributed by atoms with Gasteiger partial charge in [0.25, 0.3) is 0 Å². The maximum atomic E-state index is 12.2. The SMILES string of the molecule is CCOc1cc(C)ccc1CNC(=O)N1CCC(CO)CC1. The number of amides is 2. The number of carbonyl (C=O) groups is 1. The summed E-state index contributed by atoms with van der Waals surface area (Å²) in [6.07, 6.45) is 1.75. The summed E-state index contributed by atoms with van der Waals surface area (Å²) in [5, 5.41) is 12.1. The molecule has 1 aliphatic rings. The molecule has 5 heteroatoms. The van der Waals surface area contributed by atoms with Crippen LogP contribution in [0.25, 0.3) is 0 Å². The molecule has 0 unspecified atom stereocenters. The molecule has 1 aliphatic heterocycles. The number of nitrogens with zero attached hydrogens (tertiary/aromatic N) is 1. The van der Waals surface area contributed by atoms with Crippen LogP contribution in [0.5, 0.6) is 5.75 Å². The molecule has 0 bridgehead atoms. The Kier molecular flexibility index (Phi) is 6.07. The maximum absolute atomic E-state index is 12.2. The van der Waals surface area contributed by atoms with Crippen LogP contribution in [-0.4, -0.2) is 42.3 Å². The van der Waals surface area contributed by atoms with Crippen molar-refractivity contribution >= 4 is 6.03 Å². The van der Waals surface area contributed by atoms with Gasteiger partial charge < -0.3 is 20.1 Å². The predicted octanol–water partition coefficient (Wildman–Crippen LogP) is 2.31. The van der Waals surface area contributed by atoms with Crippen molar-refractivity contribution in [2.75, 3.05) is 26.3 Å². The van der Waals surface area contributed by atoms with Gasteiger partial charge in [-0.2, -0.15) is 0 Å². The Morgan fingerprint density at radius 3 is 2.77 bits per heavy atom. The van der Waals surface area contributed by atoms with Gasteiger partial charge in [-0.05, 0) is 44.2 Å². The molecular weight excluding hydrogens is 280 g/mol. The number of hydrogen-bond acceptors (Lipinski definition) is 3. The zero-order valence-corrected chi connectivity index (χ0v) is 13.5. The molecule has 0 spiro atoms. The molecular formula is C17H26N2O3. The van der Waals surface area contributed by atoms with Crippen LogP contribution in [0.1, 0.15) is 30.9 Å². The summed E-state index contributed by atoms with van der Waals surface area (Å²) >= 11 is 0. The molecule has 2 rings (SSSR count). The number of aryl methyl sites for hydroxylation is 1. The van der Waals surface area contributed by atoms with Gasteiger partial charge in [0, 0.05) is 31.8 Å². The van der Waals surface area contributed by atoms with Crippen LogP contribution in [0.4, 0.5) is 4.79 Å². The zero-order valence-electron chi connectivity index (χ0n) is 13.5. The third-order valence-electron chi connectivity index (χ3n) is 4.11. The van der Waals surface area contributed by atoms with E-state index in [4.69, 9.17) is 9.84 Å². The third kappa shape index (κ3) is 4.37. The number of rotatable bonds is 5. The summed E-state index contributed by atoms with van der Waals surface area (Å²) in [5.74, 6) is 1.17. The Morgan fingerprint density at radius 2 is 2.14 bits per heavy atom. The molecule has 5 nitrogen and oxygen atoms in total. The minimum atomic E-state index is -0.0422. The van der Waals surface area contributed by atoms with Crippen LogP contribution < -0.4 is 10.1 Å². The highest BCUT2D eigenvalue weighted by Gasteiger charge is 2.22. The van der Waals surface area contributed by atoms with E-state index in [9.17, 15) is 4.79 Å². The molecule has 0 aromatic heterocycles. The fourth-order valence-electron chi connectivity index (χ4n) is 2.70. The highest BCUT2D eigenvalue weighted by molar-refractivity contribution is 5.74. The molecule has 2 amide bonds. The first-order valence-electron chi connectivity index (χ1n) is 8.00. The van der Waals surface area contributed by atoms with E-state index in [1.54, 1.807) is 0 Å². The van der Waals surface area contributed by atoms with Crippen molar-refractivity contribution in [1.82, 2.24) is 10.2 Å². The first-order chi connectivity index (χ1) is 10.6. The molecule has 0 atom stereocenters. The van der Waals surface area contributed by atoms with E-state index >= 15 is 0 Å². The zero-order chi connectivity index (χ0) is 15.9. The average molecular weight is 306 g/mol. The molecule has 0 saturated carbocycles. The molecule has 0 aliphatic carbocycles. The minimum Gasteiger partial charge on any atom is -0.494 e. The average Bonchev–Trinajstić information content (AvgIpc) is 2.54. The van der Waals surface area contributed by atoms with Crippen molar-refractivity contribution in [3.05, 3.63) is 29.3 Å². The van der Waals surface area contributed by atoms with Crippen LogP contribution in [0.2, 0.25) is 0 Å². The van der Waals surface area contributed by atoms with Crippen molar-refractivity contribution in [3.63, 3.8) is 0 Å². The van der Waals surface area contributed by atoms with E-state index in [-0.39, 0.29) is 12.6 Å². The van der Waals surface area contributed by atoms with Crippen molar-refractivity contribution < 1.29 is 14.6 Å². The summed E-state index contributed by atoms with van der Waals surface area (Å²) in [6, 6.07) is 5.98. The number of aliphatic hydroxyl groups excluding tert-OH is 1. The van der Waals surface area contributed by atoms with Gasteiger partial charge in [-0.3, -0.25) is 0 Å². The van der Waals surface area contributed by atoms with Gasteiger partial charge in [-0.15, -0.1) is 0 Å². The second-order valence-corrected chi connectivity index (χ2v) is 5.82. The lowest BCUT2D eigenvalue weighted by Gasteiger charge is -2.31. The lowest BCUT2D eigenvalue weighted by atomic mass is 9.98. The van der Waals surface area contributed by atoms with Gasteiger partial charge in [-0.25, -0.2) is 4.79 Å². The molecule has 2 N–H and O–H groups in total. The Labute approximate surface area is 132 Å². The number of aliphatic hydroxyl groups is 1. The van der Waals surface area contributed by atoms with Crippen molar-refractivity contribution in [2.45, 2.75) is 33.2 Å². The number of piperidine rings is 1. The van der Waals surface area contributed by atoms with Gasteiger partial charge in [0.1, 0.15) is 5.75 Å². The number of benzene rings is 1. The van der Waals surface area contributed by atoms with E-state index in [1.807, 2.05) is 36.9 Å². The maximum Gasteiger partial charge on any atom is 0.317 e. The van der Waals surface area contributed by atoms with E-state index in [0.29, 0.717) is 32.2 Å². The molecule has 0 radical (unpaired) electrons. The van der Waals surface area contributed by atoms with Gasteiger partial charge in [0.15, 0.2) is 0 Å². The first-order valence-corrected chi connectivity index (χ1v) is 8.00. The van der Waals surface area contributed by atoms with Crippen LogP contribution in [0.15, 0.2) is 18.2 Å². The van der Waals surface area contributed by atoms with Crippen LogP contribution in [0, 0.1) is 12.8 Å². The standard InChI is InChI=1S/C17H26N2O3/c1-3-22-16-10-13(2)4-5-15(16)11-18-17(21)19-8-6-14(12-20)7-9-19/h4-5,10,14,20H,3,6-9,11-12H2,1-2H3,(H,18,21). The van der Waals surface area contributed by atoms with E-state index < -0.39 is 0 Å². The third-order valence-corrected chi connectivity index (χ3v) is 4.11. The Balaban J connectivity index is 1.88. The van der Waals surface area contributed by atoms with Gasteiger partial charge in [-0.1, -0.05) is 12.1 Å². The van der Waals surface area contributed by atoms with E-state index in [2.05, 4.69) is 5.32 Å². The van der Waals surface area contributed by atoms with Crippen LogP contribution >= 0.6 is 0 Å². The molecule has 1 saturated heterocycles. The van der Waals surface area contributed by atoms with Crippen LogP contribution in [-0.2, 0) is 6.54 Å². The summed E-state index contributed by atoms with van der Waals surface area (Å²) in [4.78, 5) is 14.0. The predicted molar refractivity (Wildman–Crippen MR) is 86.0 cm³/mol. The number of nitrogens with one attached hydrogen (secondary N) is 1. The fraction of sp³-hybridized carbons (Fsp3) is 0.588. The number of hydrogen-bond donors (Lipinski definition) is 2. The Bertz CT molecular complexity index is 497. The summed E-state index contributed by atoms with van der Waals surface area (Å²) < 4.78 is 5.63. The molecule has 1 aromatic rings.